The van der Waals surface area contributed by atoms with Crippen molar-refractivity contribution in [3.8, 4) is 39.1 Å². The van der Waals surface area contributed by atoms with Crippen LogP contribution in [-0.4, -0.2) is 10.5 Å². The zero-order valence-electron chi connectivity index (χ0n) is 14.2. The highest BCUT2D eigenvalue weighted by atomic mass is 28.2. The van der Waals surface area contributed by atoms with E-state index in [-0.39, 0.29) is 0 Å². The molecule has 0 aliphatic carbocycles. The molecule has 26 heavy (non-hydrogen) atoms. The van der Waals surface area contributed by atoms with Crippen LogP contribution in [0.3, 0.4) is 0 Å². The average Bonchev–Trinajstić information content (AvgIpc) is 2.74. The van der Waals surface area contributed by atoms with Crippen molar-refractivity contribution in [1.82, 2.24) is 0 Å². The predicted octanol–water partition coefficient (Wildman–Crippen LogP) is 6.15. The molecule has 0 spiro atoms. The third-order valence-corrected chi connectivity index (χ3v) is 4.71. The van der Waals surface area contributed by atoms with E-state index in [1.165, 1.54) is 16.7 Å². The van der Waals surface area contributed by atoms with Crippen LogP contribution in [0.4, 0.5) is 0 Å². The van der Waals surface area contributed by atoms with Crippen LogP contribution >= 0.6 is 0 Å². The fourth-order valence-corrected chi connectivity index (χ4v) is 3.49. The van der Waals surface area contributed by atoms with E-state index in [4.69, 9.17) is 4.43 Å². The summed E-state index contributed by atoms with van der Waals surface area (Å²) in [6.07, 6.45) is 0. The van der Waals surface area contributed by atoms with Crippen molar-refractivity contribution < 1.29 is 4.43 Å². The molecule has 4 rings (SSSR count). The zero-order chi connectivity index (χ0) is 17.8. The average molecular weight is 349 g/mol. The van der Waals surface area contributed by atoms with Crippen LogP contribution < -0.4 is 4.43 Å². The van der Waals surface area contributed by atoms with Gasteiger partial charge in [0.05, 0.1) is 0 Å². The molecule has 0 aromatic heterocycles. The van der Waals surface area contributed by atoms with E-state index in [1.807, 2.05) is 24.3 Å². The lowest BCUT2D eigenvalue weighted by Gasteiger charge is -2.19. The van der Waals surface area contributed by atoms with Crippen molar-refractivity contribution >= 4 is 10.5 Å². The van der Waals surface area contributed by atoms with E-state index < -0.39 is 0 Å². The molecule has 2 heteroatoms. The lowest BCUT2D eigenvalue weighted by molar-refractivity contribution is 0.619. The van der Waals surface area contributed by atoms with Gasteiger partial charge in [-0.15, -0.1) is 0 Å². The summed E-state index contributed by atoms with van der Waals surface area (Å²) in [5.74, 6) is 0.798. The molecule has 123 valence electrons. The molecule has 0 amide bonds. The van der Waals surface area contributed by atoms with Crippen LogP contribution in [-0.2, 0) is 0 Å². The Morgan fingerprint density at radius 2 is 0.923 bits per heavy atom. The molecule has 0 aliphatic heterocycles. The zero-order valence-corrected chi connectivity index (χ0v) is 15.2. The normalized spacial score (nSPS) is 10.5. The minimum Gasteiger partial charge on any atom is -0.540 e. The number of rotatable bonds is 4. The van der Waals surface area contributed by atoms with Crippen LogP contribution in [0.5, 0.6) is 5.75 Å². The quantitative estimate of drug-likeness (QED) is 0.402. The van der Waals surface area contributed by atoms with Gasteiger partial charge >= 0.3 is 10.5 Å². The highest BCUT2D eigenvalue weighted by molar-refractivity contribution is 6.03. The Balaban J connectivity index is 2.09. The molecule has 3 radical (unpaired) electrons. The van der Waals surface area contributed by atoms with E-state index in [9.17, 15) is 0 Å². The van der Waals surface area contributed by atoms with E-state index in [1.54, 1.807) is 0 Å². The summed E-state index contributed by atoms with van der Waals surface area (Å²) in [7, 11) is 3.25. The smallest absolute Gasteiger partial charge is 0.341 e. The van der Waals surface area contributed by atoms with Crippen molar-refractivity contribution in [3.63, 3.8) is 0 Å². The Kier molecular flexibility index (Phi) is 4.67. The third-order valence-electron chi connectivity index (χ3n) is 4.49. The molecule has 0 fully saturated rings. The van der Waals surface area contributed by atoms with E-state index in [0.29, 0.717) is 0 Å². The minimum absolute atomic E-state index is 0.798. The fourth-order valence-electron chi connectivity index (χ4n) is 3.32. The molecule has 0 atom stereocenters. The van der Waals surface area contributed by atoms with Gasteiger partial charge in [0.2, 0.25) is 0 Å². The molecule has 0 saturated heterocycles. The van der Waals surface area contributed by atoms with Crippen LogP contribution in [0.2, 0.25) is 0 Å². The number of hydrogen-bond donors (Lipinski definition) is 0. The summed E-state index contributed by atoms with van der Waals surface area (Å²) in [5, 5.41) is 0. The van der Waals surface area contributed by atoms with Gasteiger partial charge in [0.15, 0.2) is 0 Å². The maximum atomic E-state index is 5.56. The summed E-state index contributed by atoms with van der Waals surface area (Å²) in [6.45, 7) is 0. The van der Waals surface area contributed by atoms with Crippen molar-refractivity contribution in [3.05, 3.63) is 103 Å². The Hall–Kier alpha value is -3.10. The number of benzene rings is 4. The van der Waals surface area contributed by atoms with Gasteiger partial charge in [0, 0.05) is 11.1 Å². The summed E-state index contributed by atoms with van der Waals surface area (Å²) >= 11 is 0. The molecule has 0 saturated carbocycles. The van der Waals surface area contributed by atoms with Gasteiger partial charge in [-0.05, 0) is 28.3 Å². The van der Waals surface area contributed by atoms with Gasteiger partial charge in [-0.25, -0.2) is 0 Å². The first-order valence-electron chi connectivity index (χ1n) is 8.55. The lowest BCUT2D eigenvalue weighted by Crippen LogP contribution is -1.95. The Morgan fingerprint density at radius 1 is 0.462 bits per heavy atom. The van der Waals surface area contributed by atoms with Gasteiger partial charge in [-0.1, -0.05) is 97.1 Å². The molecule has 0 heterocycles. The highest BCUT2D eigenvalue weighted by Crippen LogP contribution is 2.44. The van der Waals surface area contributed by atoms with E-state index in [2.05, 4.69) is 89.3 Å². The second kappa shape index (κ2) is 7.42. The van der Waals surface area contributed by atoms with Gasteiger partial charge in [-0.2, -0.15) is 0 Å². The summed E-state index contributed by atoms with van der Waals surface area (Å²) in [6, 6.07) is 35.4. The topological polar surface area (TPSA) is 9.23 Å². The van der Waals surface area contributed by atoms with Crippen molar-refractivity contribution in [2.24, 2.45) is 0 Å². The Bertz CT molecular complexity index is 996. The van der Waals surface area contributed by atoms with Crippen molar-refractivity contribution in [1.29, 1.82) is 0 Å². The predicted molar refractivity (Wildman–Crippen MR) is 109 cm³/mol. The molecule has 4 aromatic carbocycles. The second-order valence-corrected chi connectivity index (χ2v) is 6.27. The van der Waals surface area contributed by atoms with Gasteiger partial charge in [0.1, 0.15) is 5.75 Å². The first kappa shape index (κ1) is 16.4. The van der Waals surface area contributed by atoms with Crippen molar-refractivity contribution in [2.45, 2.75) is 0 Å². The van der Waals surface area contributed by atoms with E-state index in [0.717, 1.165) is 22.4 Å². The second-order valence-electron chi connectivity index (χ2n) is 6.06. The first-order chi connectivity index (χ1) is 12.9. The van der Waals surface area contributed by atoms with Crippen molar-refractivity contribution in [2.75, 3.05) is 0 Å². The summed E-state index contributed by atoms with van der Waals surface area (Å²) in [4.78, 5) is 0. The maximum Gasteiger partial charge on any atom is 0.341 e. The minimum atomic E-state index is 0.798. The molecular formula is C24H17OSi. The van der Waals surface area contributed by atoms with Gasteiger partial charge in [0.25, 0.3) is 0 Å². The van der Waals surface area contributed by atoms with Gasteiger partial charge < -0.3 is 4.43 Å². The molecule has 0 aliphatic rings. The highest BCUT2D eigenvalue weighted by Gasteiger charge is 2.18. The third kappa shape index (κ3) is 3.07. The standard InChI is InChI=1S/C24H17OSi/c26-25-22-17-16-21(18-10-4-1-5-11-18)23(19-12-6-2-7-13-19)24(22)20-14-8-3-9-15-20/h1-17H. The Labute approximate surface area is 157 Å². The molecule has 0 bridgehead atoms. The first-order valence-corrected chi connectivity index (χ1v) is 8.96. The van der Waals surface area contributed by atoms with Gasteiger partial charge in [-0.3, -0.25) is 0 Å². The molecule has 1 nitrogen and oxygen atoms in total. The fraction of sp³-hybridized carbons (Fsp3) is 0. The van der Waals surface area contributed by atoms with Crippen LogP contribution in [0, 0.1) is 0 Å². The summed E-state index contributed by atoms with van der Waals surface area (Å²) < 4.78 is 5.56. The Morgan fingerprint density at radius 3 is 1.42 bits per heavy atom. The summed E-state index contributed by atoms with van der Waals surface area (Å²) in [5.41, 5.74) is 6.90. The van der Waals surface area contributed by atoms with E-state index >= 15 is 0 Å². The monoisotopic (exact) mass is 349 g/mol. The molecule has 0 N–H and O–H groups in total. The van der Waals surface area contributed by atoms with Crippen LogP contribution in [0.1, 0.15) is 0 Å². The lowest BCUT2D eigenvalue weighted by atomic mass is 9.87. The van der Waals surface area contributed by atoms with Crippen LogP contribution in [0.15, 0.2) is 103 Å². The number of hydrogen-bond acceptors (Lipinski definition) is 1. The molecule has 0 unspecified atom stereocenters. The largest absolute Gasteiger partial charge is 0.540 e. The SMILES string of the molecule is [Si]Oc1ccc(-c2ccccc2)c(-c2ccccc2)c1-c1ccccc1. The molecule has 4 aromatic rings. The molecular weight excluding hydrogens is 332 g/mol. The van der Waals surface area contributed by atoms with Crippen LogP contribution in [0.25, 0.3) is 33.4 Å². The maximum absolute atomic E-state index is 5.56.